The first-order valence-electron chi connectivity index (χ1n) is 10.8. The Bertz CT molecular complexity index is 1280. The largest absolute Gasteiger partial charge is 0.435 e. The van der Waals surface area contributed by atoms with E-state index in [4.69, 9.17) is 39.6 Å². The van der Waals surface area contributed by atoms with Gasteiger partial charge in [-0.25, -0.2) is 4.39 Å². The normalized spacial score (nSPS) is 23.8. The number of benzene rings is 2. The molecule has 3 atom stereocenters. The van der Waals surface area contributed by atoms with Crippen LogP contribution in [0.25, 0.3) is 0 Å². The van der Waals surface area contributed by atoms with E-state index in [0.717, 1.165) is 12.1 Å². The molecule has 1 fully saturated rings. The number of nitrogens with one attached hydrogen (secondary N) is 1. The van der Waals surface area contributed by atoms with Crippen LogP contribution in [0.5, 0.6) is 0 Å². The van der Waals surface area contributed by atoms with Gasteiger partial charge in [-0.3, -0.25) is 9.59 Å². The van der Waals surface area contributed by atoms with Crippen LogP contribution in [0.1, 0.15) is 41.3 Å². The number of carbonyl (C=O) groups is 2. The van der Waals surface area contributed by atoms with Gasteiger partial charge in [0.2, 0.25) is 5.91 Å². The van der Waals surface area contributed by atoms with E-state index in [1.165, 1.54) is 23.1 Å². The van der Waals surface area contributed by atoms with Crippen molar-refractivity contribution in [2.75, 3.05) is 6.54 Å². The average molecular weight is 583 g/mol. The van der Waals surface area contributed by atoms with Gasteiger partial charge in [-0.2, -0.15) is 13.2 Å². The average Bonchev–Trinajstić information content (AvgIpc) is 3.39. The van der Waals surface area contributed by atoms with E-state index in [-0.39, 0.29) is 40.7 Å². The number of likely N-dealkylation sites (N-methyl/N-ethyl adjacent to an activating group) is 1. The minimum atomic E-state index is -4.99. The van der Waals surface area contributed by atoms with Crippen molar-refractivity contribution in [3.63, 3.8) is 0 Å². The van der Waals surface area contributed by atoms with E-state index in [1.807, 2.05) is 0 Å². The number of hydrogen-bond acceptors (Lipinski definition) is 5. The first-order chi connectivity index (χ1) is 17.3. The maximum Gasteiger partial charge on any atom is 0.435 e. The quantitative estimate of drug-likeness (QED) is 0.382. The van der Waals surface area contributed by atoms with Gasteiger partial charge in [-0.15, -0.1) is 0 Å². The first-order valence-corrected chi connectivity index (χ1v) is 12.0. The molecular formula is C23H18Cl3F4N3O4. The number of likely N-dealkylation sites (tertiary alicyclic amines) is 1. The zero-order valence-electron chi connectivity index (χ0n) is 18.9. The SMILES string of the molecule is CCN1C(=O)C[C@@H](NC(=O)c2ccc(C3=NO[C@@](c4cc(Cl)c(F)c(Cl)c4)(C(F)(F)F)C3)cc2Cl)C1O. The summed E-state index contributed by atoms with van der Waals surface area (Å²) in [5.41, 5.74) is -3.55. The molecule has 1 unspecified atom stereocenters. The molecule has 2 aromatic rings. The Morgan fingerprint density at radius 1 is 1.22 bits per heavy atom. The molecule has 2 aliphatic rings. The van der Waals surface area contributed by atoms with Gasteiger partial charge in [0, 0.05) is 24.1 Å². The smallest absolute Gasteiger partial charge is 0.374 e. The van der Waals surface area contributed by atoms with E-state index in [1.54, 1.807) is 6.92 Å². The molecule has 0 radical (unpaired) electrons. The summed E-state index contributed by atoms with van der Waals surface area (Å²) in [6.07, 6.45) is -7.09. The number of aliphatic hydroxyl groups is 1. The molecule has 2 N–H and O–H groups in total. The van der Waals surface area contributed by atoms with Crippen LogP contribution in [0.15, 0.2) is 35.5 Å². The molecule has 0 spiro atoms. The third-order valence-corrected chi connectivity index (χ3v) is 7.10. The Kier molecular flexibility index (Phi) is 7.37. The number of nitrogens with zero attached hydrogens (tertiary/aromatic N) is 2. The zero-order chi connectivity index (χ0) is 27.3. The number of hydrogen-bond donors (Lipinski definition) is 2. The maximum absolute atomic E-state index is 14.2. The maximum atomic E-state index is 14.2. The Balaban J connectivity index is 1.57. The second-order valence-corrected chi connectivity index (χ2v) is 9.68. The fraction of sp³-hybridized carbons (Fsp3) is 0.348. The van der Waals surface area contributed by atoms with Crippen molar-refractivity contribution in [3.8, 4) is 0 Å². The minimum absolute atomic E-state index is 0.0290. The summed E-state index contributed by atoms with van der Waals surface area (Å²) in [4.78, 5) is 30.8. The van der Waals surface area contributed by atoms with E-state index in [2.05, 4.69) is 10.5 Å². The van der Waals surface area contributed by atoms with Crippen molar-refractivity contribution < 1.29 is 37.1 Å². The van der Waals surface area contributed by atoms with Gasteiger partial charge < -0.3 is 20.2 Å². The van der Waals surface area contributed by atoms with Crippen molar-refractivity contribution in [2.45, 2.75) is 43.8 Å². The molecule has 2 amide bonds. The summed E-state index contributed by atoms with van der Waals surface area (Å²) in [6.45, 7) is 1.95. The topological polar surface area (TPSA) is 91.2 Å². The van der Waals surface area contributed by atoms with E-state index in [0.29, 0.717) is 0 Å². The fourth-order valence-corrected chi connectivity index (χ4v) is 4.99. The number of oxime groups is 1. The Morgan fingerprint density at radius 3 is 2.41 bits per heavy atom. The highest BCUT2D eigenvalue weighted by atomic mass is 35.5. The number of alkyl halides is 3. The molecule has 37 heavy (non-hydrogen) atoms. The van der Waals surface area contributed by atoms with Gasteiger partial charge in [0.15, 0.2) is 5.82 Å². The van der Waals surface area contributed by atoms with Gasteiger partial charge in [0.25, 0.3) is 11.5 Å². The number of aliphatic hydroxyl groups excluding tert-OH is 1. The summed E-state index contributed by atoms with van der Waals surface area (Å²) in [5.74, 6) is -2.07. The molecule has 14 heteroatoms. The van der Waals surface area contributed by atoms with Crippen LogP contribution >= 0.6 is 34.8 Å². The minimum Gasteiger partial charge on any atom is -0.374 e. The molecule has 0 aromatic heterocycles. The van der Waals surface area contributed by atoms with Gasteiger partial charge in [-0.05, 0) is 31.2 Å². The van der Waals surface area contributed by atoms with Crippen LogP contribution in [-0.2, 0) is 15.2 Å². The standard InChI is InChI=1S/C23H18Cl3F4N3O4/c1-2-33-18(34)8-16(21(33)36)31-20(35)12-4-3-10(5-13(12)24)17-9-22(37-32-17,23(28,29)30)11-6-14(25)19(27)15(26)7-11/h3-7,16,21,36H,2,8-9H2,1H3,(H,31,35)/t16-,21?,22+/m1/s1. The van der Waals surface area contributed by atoms with Crippen LogP contribution in [0.2, 0.25) is 15.1 Å². The van der Waals surface area contributed by atoms with Crippen LogP contribution < -0.4 is 5.32 Å². The van der Waals surface area contributed by atoms with Crippen molar-refractivity contribution in [2.24, 2.45) is 5.16 Å². The predicted octanol–water partition coefficient (Wildman–Crippen LogP) is 5.04. The summed E-state index contributed by atoms with van der Waals surface area (Å²) in [5, 5.41) is 15.0. The first kappa shape index (κ1) is 27.4. The number of carbonyl (C=O) groups excluding carboxylic acids is 2. The van der Waals surface area contributed by atoms with Crippen molar-refractivity contribution in [1.82, 2.24) is 10.2 Å². The zero-order valence-corrected chi connectivity index (χ0v) is 21.1. The predicted molar refractivity (Wildman–Crippen MR) is 127 cm³/mol. The summed E-state index contributed by atoms with van der Waals surface area (Å²) < 4.78 is 56.4. The van der Waals surface area contributed by atoms with Gasteiger partial charge in [0.05, 0.1) is 38.8 Å². The molecule has 2 aromatic carbocycles. The molecule has 7 nitrogen and oxygen atoms in total. The van der Waals surface area contributed by atoms with Crippen molar-refractivity contribution >= 4 is 52.3 Å². The molecule has 0 aliphatic carbocycles. The highest BCUT2D eigenvalue weighted by Crippen LogP contribution is 2.50. The number of halogens is 7. The molecular weight excluding hydrogens is 565 g/mol. The van der Waals surface area contributed by atoms with Crippen LogP contribution in [0.3, 0.4) is 0 Å². The Labute approximate surface area is 222 Å². The monoisotopic (exact) mass is 581 g/mol. The molecule has 0 bridgehead atoms. The van der Waals surface area contributed by atoms with Crippen LogP contribution in [0.4, 0.5) is 17.6 Å². The van der Waals surface area contributed by atoms with Crippen LogP contribution in [-0.4, -0.2) is 52.5 Å². The van der Waals surface area contributed by atoms with Crippen LogP contribution in [0, 0.1) is 5.82 Å². The molecule has 1 saturated heterocycles. The van der Waals surface area contributed by atoms with E-state index >= 15 is 0 Å². The Hall–Kier alpha value is -2.60. The van der Waals surface area contributed by atoms with E-state index in [9.17, 15) is 32.3 Å². The molecule has 2 aliphatic heterocycles. The third-order valence-electron chi connectivity index (χ3n) is 6.23. The van der Waals surface area contributed by atoms with Crippen molar-refractivity contribution in [1.29, 1.82) is 0 Å². The number of rotatable bonds is 5. The highest BCUT2D eigenvalue weighted by Gasteiger charge is 2.62. The summed E-state index contributed by atoms with van der Waals surface area (Å²) in [7, 11) is 0. The van der Waals surface area contributed by atoms with E-state index < -0.39 is 57.8 Å². The van der Waals surface area contributed by atoms with Crippen molar-refractivity contribution in [3.05, 3.63) is 67.9 Å². The lowest BCUT2D eigenvalue weighted by Crippen LogP contribution is -2.45. The van der Waals surface area contributed by atoms with Gasteiger partial charge >= 0.3 is 6.18 Å². The van der Waals surface area contributed by atoms with Gasteiger partial charge in [0.1, 0.15) is 6.23 Å². The molecule has 4 rings (SSSR count). The third kappa shape index (κ3) is 4.85. The Morgan fingerprint density at radius 2 is 1.86 bits per heavy atom. The molecule has 2 heterocycles. The number of amides is 2. The van der Waals surface area contributed by atoms with Gasteiger partial charge in [-0.1, -0.05) is 46.0 Å². The molecule has 0 saturated carbocycles. The highest BCUT2D eigenvalue weighted by molar-refractivity contribution is 6.35. The molecule has 198 valence electrons. The fourth-order valence-electron chi connectivity index (χ4n) is 4.24. The summed E-state index contributed by atoms with van der Waals surface area (Å²) >= 11 is 17.7. The lowest BCUT2D eigenvalue weighted by molar-refractivity contribution is -0.275. The second kappa shape index (κ2) is 9.94. The second-order valence-electron chi connectivity index (χ2n) is 8.46. The summed E-state index contributed by atoms with van der Waals surface area (Å²) in [6, 6.07) is 4.53. The lowest BCUT2D eigenvalue weighted by atomic mass is 9.86. The lowest BCUT2D eigenvalue weighted by Gasteiger charge is -2.29.